The summed E-state index contributed by atoms with van der Waals surface area (Å²) < 4.78 is 37.6. The lowest BCUT2D eigenvalue weighted by Gasteiger charge is -2.30. The van der Waals surface area contributed by atoms with Crippen LogP contribution in [-0.2, 0) is 15.8 Å². The van der Waals surface area contributed by atoms with Crippen LogP contribution in [0.15, 0.2) is 24.3 Å². The summed E-state index contributed by atoms with van der Waals surface area (Å²) in [5.74, 6) is -0.214. The zero-order chi connectivity index (χ0) is 19.9. The van der Waals surface area contributed by atoms with Gasteiger partial charge in [-0.3, -0.25) is 14.5 Å². The van der Waals surface area contributed by atoms with Gasteiger partial charge in [-0.15, -0.1) is 0 Å². The summed E-state index contributed by atoms with van der Waals surface area (Å²) >= 11 is 0. The van der Waals surface area contributed by atoms with Gasteiger partial charge in [-0.1, -0.05) is 13.3 Å². The summed E-state index contributed by atoms with van der Waals surface area (Å²) in [4.78, 5) is 26.1. The monoisotopic (exact) mass is 385 g/mol. The Morgan fingerprint density at radius 2 is 1.78 bits per heavy atom. The Hall–Kier alpha value is -2.09. The molecule has 8 heteroatoms. The van der Waals surface area contributed by atoms with E-state index in [1.165, 1.54) is 12.1 Å². The third-order valence-corrected chi connectivity index (χ3v) is 4.65. The van der Waals surface area contributed by atoms with Gasteiger partial charge in [-0.05, 0) is 56.6 Å². The van der Waals surface area contributed by atoms with Crippen molar-refractivity contribution >= 4 is 17.5 Å². The highest BCUT2D eigenvalue weighted by Crippen LogP contribution is 2.29. The first-order valence-corrected chi connectivity index (χ1v) is 9.26. The fourth-order valence-electron chi connectivity index (χ4n) is 3.03. The van der Waals surface area contributed by atoms with Crippen LogP contribution in [0.4, 0.5) is 18.9 Å². The first kappa shape index (κ1) is 21.2. The van der Waals surface area contributed by atoms with Crippen LogP contribution in [0, 0.1) is 5.92 Å². The molecule has 5 nitrogen and oxygen atoms in total. The molecule has 2 rings (SSSR count). The minimum atomic E-state index is -4.39. The van der Waals surface area contributed by atoms with Crippen molar-refractivity contribution in [2.75, 3.05) is 31.5 Å². The Labute approximate surface area is 157 Å². The first-order chi connectivity index (χ1) is 12.8. The lowest BCUT2D eigenvalue weighted by molar-refractivity contribution is -0.137. The van der Waals surface area contributed by atoms with Gasteiger partial charge >= 0.3 is 6.18 Å². The van der Waals surface area contributed by atoms with Crippen molar-refractivity contribution in [2.45, 2.75) is 38.8 Å². The molecule has 1 aliphatic heterocycles. The number of halogens is 3. The molecule has 0 spiro atoms. The van der Waals surface area contributed by atoms with E-state index in [0.717, 1.165) is 25.0 Å². The van der Waals surface area contributed by atoms with Crippen LogP contribution in [0.25, 0.3) is 0 Å². The van der Waals surface area contributed by atoms with Crippen LogP contribution >= 0.6 is 0 Å². The topological polar surface area (TPSA) is 61.4 Å². The maximum atomic E-state index is 12.5. The second kappa shape index (κ2) is 9.73. The number of alkyl halides is 3. The maximum absolute atomic E-state index is 12.5. The highest BCUT2D eigenvalue weighted by molar-refractivity contribution is 5.92. The van der Waals surface area contributed by atoms with Gasteiger partial charge in [0.05, 0.1) is 12.1 Å². The Balaban J connectivity index is 1.73. The summed E-state index contributed by atoms with van der Waals surface area (Å²) in [7, 11) is 0. The van der Waals surface area contributed by atoms with Crippen molar-refractivity contribution < 1.29 is 22.8 Å². The largest absolute Gasteiger partial charge is 0.416 e. The zero-order valence-corrected chi connectivity index (χ0v) is 15.4. The normalized spacial score (nSPS) is 16.1. The van der Waals surface area contributed by atoms with E-state index in [9.17, 15) is 22.8 Å². The van der Waals surface area contributed by atoms with E-state index in [0.29, 0.717) is 38.2 Å². The van der Waals surface area contributed by atoms with Crippen LogP contribution in [-0.4, -0.2) is 42.9 Å². The van der Waals surface area contributed by atoms with Crippen LogP contribution < -0.4 is 10.6 Å². The Bertz CT molecular complexity index is 624. The molecule has 1 aromatic carbocycles. The van der Waals surface area contributed by atoms with Crippen molar-refractivity contribution in [1.29, 1.82) is 0 Å². The second-order valence-electron chi connectivity index (χ2n) is 6.82. The maximum Gasteiger partial charge on any atom is 0.416 e. The number of nitrogens with one attached hydrogen (secondary N) is 2. The molecule has 2 N–H and O–H groups in total. The SMILES string of the molecule is CCCCNC(=O)C1CCN(CC(=O)Nc2ccc(C(F)(F)F)cc2)CC1. The Morgan fingerprint density at radius 1 is 1.15 bits per heavy atom. The highest BCUT2D eigenvalue weighted by atomic mass is 19.4. The minimum absolute atomic E-state index is 0.0175. The smallest absolute Gasteiger partial charge is 0.356 e. The van der Waals surface area contributed by atoms with E-state index in [-0.39, 0.29) is 24.3 Å². The predicted molar refractivity (Wildman–Crippen MR) is 97.2 cm³/mol. The molecular weight excluding hydrogens is 359 g/mol. The molecule has 150 valence electrons. The van der Waals surface area contributed by atoms with Gasteiger partial charge in [0.25, 0.3) is 0 Å². The zero-order valence-electron chi connectivity index (χ0n) is 15.4. The quantitative estimate of drug-likeness (QED) is 0.708. The van der Waals surface area contributed by atoms with E-state index in [1.807, 2.05) is 4.90 Å². The number of piperidine rings is 1. The standard InChI is InChI=1S/C19H26F3N3O2/c1-2-3-10-23-18(27)14-8-11-25(12-9-14)13-17(26)24-16-6-4-15(5-7-16)19(20,21)22/h4-7,14H,2-3,8-13H2,1H3,(H,23,27)(H,24,26). The number of rotatable bonds is 7. The lowest BCUT2D eigenvalue weighted by Crippen LogP contribution is -2.43. The summed E-state index contributed by atoms with van der Waals surface area (Å²) in [6, 6.07) is 4.37. The molecule has 1 heterocycles. The van der Waals surface area contributed by atoms with Crippen LogP contribution in [0.1, 0.15) is 38.2 Å². The molecule has 1 fully saturated rings. The van der Waals surface area contributed by atoms with E-state index in [1.54, 1.807) is 0 Å². The number of likely N-dealkylation sites (tertiary alicyclic amines) is 1. The summed E-state index contributed by atoms with van der Waals surface area (Å²) in [5.41, 5.74) is -0.419. The van der Waals surface area contributed by atoms with Crippen molar-refractivity contribution in [1.82, 2.24) is 10.2 Å². The number of anilines is 1. The van der Waals surface area contributed by atoms with E-state index < -0.39 is 11.7 Å². The number of benzene rings is 1. The van der Waals surface area contributed by atoms with Gasteiger partial charge in [0.2, 0.25) is 11.8 Å². The average Bonchev–Trinajstić information content (AvgIpc) is 2.62. The average molecular weight is 385 g/mol. The minimum Gasteiger partial charge on any atom is -0.356 e. The third-order valence-electron chi connectivity index (χ3n) is 4.65. The first-order valence-electron chi connectivity index (χ1n) is 9.26. The fraction of sp³-hybridized carbons (Fsp3) is 0.579. The molecule has 0 atom stereocenters. The molecule has 0 unspecified atom stereocenters. The van der Waals surface area contributed by atoms with Crippen molar-refractivity contribution in [3.63, 3.8) is 0 Å². The van der Waals surface area contributed by atoms with Crippen molar-refractivity contribution in [3.8, 4) is 0 Å². The fourth-order valence-corrected chi connectivity index (χ4v) is 3.03. The number of hydrogen-bond acceptors (Lipinski definition) is 3. The second-order valence-corrected chi connectivity index (χ2v) is 6.82. The number of carbonyl (C=O) groups excluding carboxylic acids is 2. The molecule has 1 aliphatic rings. The van der Waals surface area contributed by atoms with Gasteiger partial charge < -0.3 is 10.6 Å². The van der Waals surface area contributed by atoms with Crippen LogP contribution in [0.3, 0.4) is 0 Å². The van der Waals surface area contributed by atoms with Gasteiger partial charge in [-0.25, -0.2) is 0 Å². The third kappa shape index (κ3) is 6.86. The van der Waals surface area contributed by atoms with Gasteiger partial charge in [0.15, 0.2) is 0 Å². The summed E-state index contributed by atoms with van der Waals surface area (Å²) in [6.45, 7) is 4.22. The molecule has 0 aromatic heterocycles. The Kier molecular flexibility index (Phi) is 7.65. The molecule has 0 aliphatic carbocycles. The molecule has 0 bridgehead atoms. The summed E-state index contributed by atoms with van der Waals surface area (Å²) in [5, 5.41) is 5.55. The number of hydrogen-bond donors (Lipinski definition) is 2. The predicted octanol–water partition coefficient (Wildman–Crippen LogP) is 3.27. The number of unbranched alkanes of at least 4 members (excludes halogenated alkanes) is 1. The molecule has 2 amide bonds. The van der Waals surface area contributed by atoms with Crippen LogP contribution in [0.5, 0.6) is 0 Å². The molecule has 0 radical (unpaired) electrons. The molecule has 1 aromatic rings. The Morgan fingerprint density at radius 3 is 2.33 bits per heavy atom. The molecular formula is C19H26F3N3O2. The molecule has 1 saturated heterocycles. The van der Waals surface area contributed by atoms with E-state index in [2.05, 4.69) is 17.6 Å². The number of carbonyl (C=O) groups is 2. The summed E-state index contributed by atoms with van der Waals surface area (Å²) in [6.07, 6.45) is -0.992. The molecule has 0 saturated carbocycles. The lowest BCUT2D eigenvalue weighted by atomic mass is 9.96. The van der Waals surface area contributed by atoms with E-state index >= 15 is 0 Å². The molecule has 27 heavy (non-hydrogen) atoms. The van der Waals surface area contributed by atoms with Crippen LogP contribution in [0.2, 0.25) is 0 Å². The highest BCUT2D eigenvalue weighted by Gasteiger charge is 2.30. The van der Waals surface area contributed by atoms with Crippen molar-refractivity contribution in [3.05, 3.63) is 29.8 Å². The number of nitrogens with zero attached hydrogens (tertiary/aromatic N) is 1. The van der Waals surface area contributed by atoms with Gasteiger partial charge in [-0.2, -0.15) is 13.2 Å². The number of amides is 2. The van der Waals surface area contributed by atoms with Gasteiger partial charge in [0.1, 0.15) is 0 Å². The van der Waals surface area contributed by atoms with Gasteiger partial charge in [0, 0.05) is 18.2 Å². The van der Waals surface area contributed by atoms with E-state index in [4.69, 9.17) is 0 Å². The van der Waals surface area contributed by atoms with Crippen molar-refractivity contribution in [2.24, 2.45) is 5.92 Å².